The normalized spacial score (nSPS) is 12.3. The molecule has 0 heterocycles. The zero-order valence-electron chi connectivity index (χ0n) is 22.3. The number of benzene rings is 5. The standard InChI is InChI=1S/C34H27F4O3P/c35-28-14-6-24(7-15-28)33(39,25-8-16-29(36)17-9-25)22-42(41,32-4-2-1-3-5-32)23-34(40,26-10-18-30(37)19-11-26)27-12-20-31(38)21-13-27/h1-21,39-40H,22-23H2. The topological polar surface area (TPSA) is 57.5 Å². The molecule has 0 spiro atoms. The van der Waals surface area contributed by atoms with E-state index < -0.39 is 53.9 Å². The van der Waals surface area contributed by atoms with Crippen LogP contribution in [0.5, 0.6) is 0 Å². The Labute approximate surface area is 241 Å². The van der Waals surface area contributed by atoms with Gasteiger partial charge in [-0.2, -0.15) is 0 Å². The fraction of sp³-hybridized carbons (Fsp3) is 0.118. The van der Waals surface area contributed by atoms with Gasteiger partial charge in [-0.1, -0.05) is 78.9 Å². The van der Waals surface area contributed by atoms with Gasteiger partial charge in [-0.15, -0.1) is 0 Å². The van der Waals surface area contributed by atoms with Crippen LogP contribution in [0.25, 0.3) is 0 Å². The van der Waals surface area contributed by atoms with Crippen molar-refractivity contribution in [3.63, 3.8) is 0 Å². The second-order valence-electron chi connectivity index (χ2n) is 10.3. The van der Waals surface area contributed by atoms with Crippen LogP contribution in [-0.4, -0.2) is 22.5 Å². The average Bonchev–Trinajstić information content (AvgIpc) is 2.98. The zero-order valence-corrected chi connectivity index (χ0v) is 23.2. The van der Waals surface area contributed by atoms with E-state index in [9.17, 15) is 27.8 Å². The van der Waals surface area contributed by atoms with Crippen LogP contribution in [0.1, 0.15) is 22.3 Å². The summed E-state index contributed by atoms with van der Waals surface area (Å²) in [5.41, 5.74) is -3.20. The van der Waals surface area contributed by atoms with Crippen LogP contribution in [0.2, 0.25) is 0 Å². The van der Waals surface area contributed by atoms with Crippen LogP contribution < -0.4 is 5.30 Å². The molecule has 0 fully saturated rings. The van der Waals surface area contributed by atoms with Gasteiger partial charge in [-0.3, -0.25) is 0 Å². The van der Waals surface area contributed by atoms with E-state index in [1.165, 1.54) is 48.5 Å². The summed E-state index contributed by atoms with van der Waals surface area (Å²) in [6.07, 6.45) is -0.933. The van der Waals surface area contributed by atoms with Crippen LogP contribution in [0, 0.1) is 23.3 Å². The molecule has 0 unspecified atom stereocenters. The van der Waals surface area contributed by atoms with Gasteiger partial charge >= 0.3 is 0 Å². The molecule has 0 aromatic heterocycles. The number of aliphatic hydroxyl groups is 2. The maximum absolute atomic E-state index is 15.4. The molecule has 0 atom stereocenters. The lowest BCUT2D eigenvalue weighted by molar-refractivity contribution is 0.0971. The van der Waals surface area contributed by atoms with Crippen LogP contribution in [0.3, 0.4) is 0 Å². The quantitative estimate of drug-likeness (QED) is 0.142. The molecule has 5 rings (SSSR count). The van der Waals surface area contributed by atoms with E-state index in [4.69, 9.17) is 0 Å². The molecule has 3 nitrogen and oxygen atoms in total. The largest absolute Gasteiger partial charge is 0.380 e. The summed E-state index contributed by atoms with van der Waals surface area (Å²) in [6.45, 7) is 0. The summed E-state index contributed by atoms with van der Waals surface area (Å²) in [5, 5.41) is 25.0. The van der Waals surface area contributed by atoms with Gasteiger partial charge in [0.15, 0.2) is 0 Å². The van der Waals surface area contributed by atoms with Gasteiger partial charge in [0, 0.05) is 17.6 Å². The first kappa shape index (κ1) is 29.5. The molecule has 0 aliphatic carbocycles. The Morgan fingerprint density at radius 2 is 0.714 bits per heavy atom. The maximum atomic E-state index is 15.4. The van der Waals surface area contributed by atoms with Gasteiger partial charge in [0.2, 0.25) is 0 Å². The Morgan fingerprint density at radius 3 is 0.976 bits per heavy atom. The number of halogens is 4. The Kier molecular flexibility index (Phi) is 8.20. The number of hydrogen-bond donors (Lipinski definition) is 2. The molecular formula is C34H27F4O3P. The number of hydrogen-bond acceptors (Lipinski definition) is 3. The predicted molar refractivity (Wildman–Crippen MR) is 155 cm³/mol. The minimum Gasteiger partial charge on any atom is -0.380 e. The molecule has 8 heteroatoms. The third-order valence-corrected chi connectivity index (χ3v) is 10.7. The molecule has 0 saturated heterocycles. The lowest BCUT2D eigenvalue weighted by Gasteiger charge is -2.38. The van der Waals surface area contributed by atoms with Crippen molar-refractivity contribution in [3.05, 3.63) is 173 Å². The van der Waals surface area contributed by atoms with Crippen molar-refractivity contribution in [1.82, 2.24) is 0 Å². The van der Waals surface area contributed by atoms with Crippen molar-refractivity contribution < 1.29 is 32.3 Å². The molecule has 0 bridgehead atoms. The van der Waals surface area contributed by atoms with E-state index >= 15 is 4.57 Å². The van der Waals surface area contributed by atoms with Gasteiger partial charge in [0.05, 0.1) is 0 Å². The van der Waals surface area contributed by atoms with Crippen molar-refractivity contribution >= 4 is 12.4 Å². The second-order valence-corrected chi connectivity index (χ2v) is 13.2. The van der Waals surface area contributed by atoms with Crippen LogP contribution in [-0.2, 0) is 15.8 Å². The average molecular weight is 591 g/mol. The molecule has 5 aromatic carbocycles. The van der Waals surface area contributed by atoms with Crippen molar-refractivity contribution in [1.29, 1.82) is 0 Å². The van der Waals surface area contributed by atoms with Gasteiger partial charge in [-0.25, -0.2) is 17.6 Å². The summed E-state index contributed by atoms with van der Waals surface area (Å²) in [6, 6.07) is 28.5. The number of rotatable bonds is 9. The third kappa shape index (κ3) is 5.95. The molecular weight excluding hydrogens is 563 g/mol. The monoisotopic (exact) mass is 590 g/mol. The first-order valence-electron chi connectivity index (χ1n) is 13.1. The maximum Gasteiger partial charge on any atom is 0.123 e. The van der Waals surface area contributed by atoms with E-state index in [0.717, 1.165) is 48.5 Å². The molecule has 0 amide bonds. The highest BCUT2D eigenvalue weighted by molar-refractivity contribution is 7.71. The summed E-state index contributed by atoms with van der Waals surface area (Å²) >= 11 is 0. The molecule has 214 valence electrons. The highest BCUT2D eigenvalue weighted by atomic mass is 31.2. The van der Waals surface area contributed by atoms with E-state index in [1.807, 2.05) is 0 Å². The van der Waals surface area contributed by atoms with Gasteiger partial charge in [0.25, 0.3) is 0 Å². The first-order chi connectivity index (χ1) is 20.0. The van der Waals surface area contributed by atoms with Crippen molar-refractivity contribution in [2.24, 2.45) is 0 Å². The van der Waals surface area contributed by atoms with E-state index in [1.54, 1.807) is 30.3 Å². The molecule has 0 aliphatic rings. The summed E-state index contributed by atoms with van der Waals surface area (Å²) in [4.78, 5) is 0. The molecule has 42 heavy (non-hydrogen) atoms. The Hall–Kier alpha value is -4.03. The smallest absolute Gasteiger partial charge is 0.123 e. The minimum atomic E-state index is -3.90. The van der Waals surface area contributed by atoms with E-state index in [0.29, 0.717) is 5.30 Å². The Bertz CT molecular complexity index is 1490. The van der Waals surface area contributed by atoms with Crippen molar-refractivity contribution in [3.8, 4) is 0 Å². The van der Waals surface area contributed by atoms with Crippen molar-refractivity contribution in [2.45, 2.75) is 11.2 Å². The van der Waals surface area contributed by atoms with E-state index in [-0.39, 0.29) is 22.3 Å². The summed E-state index contributed by atoms with van der Waals surface area (Å²) in [7, 11) is -3.90. The third-order valence-electron chi connectivity index (χ3n) is 7.48. The van der Waals surface area contributed by atoms with E-state index in [2.05, 4.69) is 0 Å². The summed E-state index contributed by atoms with van der Waals surface area (Å²) < 4.78 is 71.1. The predicted octanol–water partition coefficient (Wildman–Crippen LogP) is 7.10. The van der Waals surface area contributed by atoms with Gasteiger partial charge in [0.1, 0.15) is 41.6 Å². The minimum absolute atomic E-state index is 0.207. The second kappa shape index (κ2) is 11.7. The lowest BCUT2D eigenvalue weighted by Crippen LogP contribution is -2.39. The summed E-state index contributed by atoms with van der Waals surface area (Å²) in [5.74, 6) is -2.19. The van der Waals surface area contributed by atoms with Crippen LogP contribution in [0.15, 0.2) is 127 Å². The highest BCUT2D eigenvalue weighted by Crippen LogP contribution is 2.55. The molecule has 5 aromatic rings. The fourth-order valence-corrected chi connectivity index (χ4v) is 8.68. The lowest BCUT2D eigenvalue weighted by atomic mass is 9.87. The SMILES string of the molecule is O=P(CC(O)(c1ccc(F)cc1)c1ccc(F)cc1)(CC(O)(c1ccc(F)cc1)c1ccc(F)cc1)c1ccccc1. The highest BCUT2D eigenvalue weighted by Gasteiger charge is 2.46. The molecule has 0 saturated carbocycles. The zero-order chi connectivity index (χ0) is 30.0. The molecule has 2 N–H and O–H groups in total. The van der Waals surface area contributed by atoms with Crippen LogP contribution >= 0.6 is 7.14 Å². The van der Waals surface area contributed by atoms with Crippen molar-refractivity contribution in [2.75, 3.05) is 12.3 Å². The molecule has 0 radical (unpaired) electrons. The fourth-order valence-electron chi connectivity index (χ4n) is 5.28. The Balaban J connectivity index is 1.72. The first-order valence-corrected chi connectivity index (χ1v) is 15.2. The van der Waals surface area contributed by atoms with Gasteiger partial charge in [-0.05, 0) is 70.8 Å². The molecule has 0 aliphatic heterocycles. The van der Waals surface area contributed by atoms with Crippen LogP contribution in [0.4, 0.5) is 17.6 Å². The van der Waals surface area contributed by atoms with Gasteiger partial charge < -0.3 is 14.8 Å². The Morgan fingerprint density at radius 1 is 0.452 bits per heavy atom.